The third-order valence-electron chi connectivity index (χ3n) is 6.61. The molecule has 0 bridgehead atoms. The number of benzene rings is 3. The van der Waals surface area contributed by atoms with Crippen LogP contribution in [0.5, 0.6) is 5.75 Å². The summed E-state index contributed by atoms with van der Waals surface area (Å²) in [5.74, 6) is 0.212. The zero-order chi connectivity index (χ0) is 26.9. The summed E-state index contributed by atoms with van der Waals surface area (Å²) in [5, 5.41) is 11.6. The van der Waals surface area contributed by atoms with Crippen molar-refractivity contribution in [2.24, 2.45) is 0 Å². The fraction of sp³-hybridized carbons (Fsp3) is 0.176. The Morgan fingerprint density at radius 3 is 2.15 bits per heavy atom. The predicted octanol–water partition coefficient (Wildman–Crippen LogP) is 9.05. The van der Waals surface area contributed by atoms with Gasteiger partial charge in [-0.15, -0.1) is 29.3 Å². The molecule has 0 atom stereocenters. The molecule has 0 unspecified atom stereocenters. The number of hydrogen-bond donors (Lipinski definition) is 1. The van der Waals surface area contributed by atoms with E-state index in [1.807, 2.05) is 42.6 Å². The quantitative estimate of drug-likeness (QED) is 0.185. The maximum Gasteiger partial charge on any atom is 0.124 e. The van der Waals surface area contributed by atoms with Crippen LogP contribution in [0.3, 0.4) is 0 Å². The van der Waals surface area contributed by atoms with Crippen molar-refractivity contribution < 1.29 is 26.2 Å². The van der Waals surface area contributed by atoms with E-state index in [9.17, 15) is 5.11 Å². The van der Waals surface area contributed by atoms with Gasteiger partial charge in [0.2, 0.25) is 0 Å². The Kier molecular flexibility index (Phi) is 8.79. The molecule has 0 aliphatic heterocycles. The Labute approximate surface area is 250 Å². The molecule has 0 saturated heterocycles. The fourth-order valence-electron chi connectivity index (χ4n) is 4.60. The number of aromatic hydroxyl groups is 1. The number of pyridine rings is 2. The number of hydrogen-bond acceptors (Lipinski definition) is 4. The first kappa shape index (κ1) is 28.8. The average Bonchev–Trinajstić information content (AvgIpc) is 2.89. The van der Waals surface area contributed by atoms with Gasteiger partial charge >= 0.3 is 0 Å². The number of rotatable bonds is 5. The van der Waals surface area contributed by atoms with Crippen molar-refractivity contribution in [1.29, 1.82) is 0 Å². The van der Waals surface area contributed by atoms with E-state index in [4.69, 9.17) is 4.98 Å². The van der Waals surface area contributed by atoms with Gasteiger partial charge in [0.25, 0.3) is 0 Å². The van der Waals surface area contributed by atoms with Gasteiger partial charge in [0, 0.05) is 32.8 Å². The van der Waals surface area contributed by atoms with Crippen molar-refractivity contribution in [3.05, 3.63) is 114 Å². The topological polar surface area (TPSA) is 46.0 Å². The first-order chi connectivity index (χ1) is 18.2. The number of aryl methyl sites for hydroxylation is 2. The molecule has 0 amide bonds. The van der Waals surface area contributed by atoms with Gasteiger partial charge in [-0.3, -0.25) is 4.98 Å². The minimum atomic E-state index is -0.0615. The monoisotopic (exact) mass is 710 g/mol. The Hall–Kier alpha value is -3.20. The molecule has 0 radical (unpaired) electrons. The largest absolute Gasteiger partial charge is 0.507 e. The molecule has 0 fully saturated rings. The van der Waals surface area contributed by atoms with Crippen LogP contribution in [-0.2, 0) is 26.5 Å². The Morgan fingerprint density at radius 2 is 1.49 bits per heavy atom. The summed E-state index contributed by atoms with van der Waals surface area (Å²) in [5.41, 5.74) is 8.96. The molecule has 3 aromatic carbocycles. The molecule has 0 aliphatic carbocycles. The van der Waals surface area contributed by atoms with E-state index < -0.39 is 0 Å². The van der Waals surface area contributed by atoms with E-state index in [1.165, 1.54) is 22.3 Å². The maximum atomic E-state index is 10.7. The van der Waals surface area contributed by atoms with Gasteiger partial charge in [0.15, 0.2) is 0 Å². The summed E-state index contributed by atoms with van der Waals surface area (Å²) in [7, 11) is 0. The average molecular weight is 711 g/mol. The van der Waals surface area contributed by atoms with Crippen LogP contribution in [-0.4, -0.2) is 15.1 Å². The zero-order valence-electron chi connectivity index (χ0n) is 22.7. The minimum Gasteiger partial charge on any atom is -0.507 e. The van der Waals surface area contributed by atoms with Crippen LogP contribution in [0.2, 0.25) is 0 Å². The predicted molar refractivity (Wildman–Crippen MR) is 158 cm³/mol. The van der Waals surface area contributed by atoms with Gasteiger partial charge < -0.3 is 5.11 Å². The van der Waals surface area contributed by atoms with Crippen LogP contribution < -0.4 is 0 Å². The summed E-state index contributed by atoms with van der Waals surface area (Å²) in [6.07, 6.45) is 1.81. The van der Waals surface area contributed by atoms with Crippen LogP contribution in [0.1, 0.15) is 37.5 Å². The zero-order valence-corrected chi connectivity index (χ0v) is 25.8. The first-order valence-electron chi connectivity index (χ1n) is 12.7. The van der Waals surface area contributed by atoms with Gasteiger partial charge in [-0.05, 0) is 77.5 Å². The van der Waals surface area contributed by atoms with E-state index in [0.29, 0.717) is 5.56 Å². The Morgan fingerprint density at radius 1 is 0.795 bits per heavy atom. The standard InChI is InChI=1S/C34H31N2OS.Pt/c1-22-11-10-12-23(2)33(22)25-19-29(36-30(20-25)28-13-6-7-14-31(28)37)24-17-26(34(3,4)5)21-27(18-24)38-32-15-8-9-16-35-32;/h6-17,19-21,37H,1-5H3;/q-1;. The van der Waals surface area contributed by atoms with Gasteiger partial charge in [-0.1, -0.05) is 79.9 Å². The molecule has 1 N–H and O–H groups in total. The number of aromatic nitrogens is 2. The molecule has 5 heteroatoms. The molecular formula is C34H31N2OPtS-. The molecule has 5 rings (SSSR count). The Bertz CT molecular complexity index is 1590. The molecule has 5 aromatic rings. The molecule has 2 aromatic heterocycles. The molecule has 3 nitrogen and oxygen atoms in total. The van der Waals surface area contributed by atoms with Crippen molar-refractivity contribution in [3.8, 4) is 39.4 Å². The van der Waals surface area contributed by atoms with Crippen molar-refractivity contribution in [3.63, 3.8) is 0 Å². The maximum absolute atomic E-state index is 10.7. The minimum absolute atomic E-state index is 0. The summed E-state index contributed by atoms with van der Waals surface area (Å²) < 4.78 is 0. The normalized spacial score (nSPS) is 11.2. The summed E-state index contributed by atoms with van der Waals surface area (Å²) in [6, 6.07) is 31.9. The Balaban J connectivity index is 0.00000353. The van der Waals surface area contributed by atoms with Gasteiger partial charge in [-0.2, -0.15) is 0 Å². The third kappa shape index (κ3) is 6.52. The van der Waals surface area contributed by atoms with Crippen LogP contribution >= 0.6 is 11.8 Å². The fourth-order valence-corrected chi connectivity index (χ4v) is 5.43. The van der Waals surface area contributed by atoms with Gasteiger partial charge in [0.05, 0.1) is 10.7 Å². The number of phenolic OH excluding ortho intramolecular Hbond substituents is 1. The molecule has 200 valence electrons. The van der Waals surface area contributed by atoms with Crippen molar-refractivity contribution in [1.82, 2.24) is 9.97 Å². The smallest absolute Gasteiger partial charge is 0.124 e. The van der Waals surface area contributed by atoms with Crippen LogP contribution in [0, 0.1) is 19.9 Å². The summed E-state index contributed by atoms with van der Waals surface area (Å²) in [6.45, 7) is 10.9. The van der Waals surface area contributed by atoms with Crippen LogP contribution in [0.4, 0.5) is 0 Å². The molecule has 2 heterocycles. The second-order valence-electron chi connectivity index (χ2n) is 10.6. The number of para-hydroxylation sites is 1. The van der Waals surface area contributed by atoms with E-state index in [1.54, 1.807) is 17.8 Å². The third-order valence-corrected chi connectivity index (χ3v) is 7.50. The second kappa shape index (κ2) is 11.9. The van der Waals surface area contributed by atoms with Crippen LogP contribution in [0.15, 0.2) is 101 Å². The number of phenols is 1. The molecule has 0 saturated carbocycles. The molecule has 0 aliphatic rings. The van der Waals surface area contributed by atoms with Crippen molar-refractivity contribution >= 4 is 11.8 Å². The van der Waals surface area contributed by atoms with Gasteiger partial charge in [0.1, 0.15) is 5.75 Å². The van der Waals surface area contributed by atoms with E-state index in [-0.39, 0.29) is 32.2 Å². The van der Waals surface area contributed by atoms with Crippen molar-refractivity contribution in [2.75, 3.05) is 0 Å². The van der Waals surface area contributed by atoms with Crippen molar-refractivity contribution in [2.45, 2.75) is 50.0 Å². The van der Waals surface area contributed by atoms with E-state index in [0.717, 1.165) is 32.4 Å². The molecule has 39 heavy (non-hydrogen) atoms. The number of nitrogens with zero attached hydrogens (tertiary/aromatic N) is 2. The molecule has 0 spiro atoms. The SMILES string of the molecule is Cc1cccc(C)c1-c1cc(-c2[c-]c(Sc3ccccn3)cc(C(C)(C)C)c2)nc(-c2ccccc2O)c1.[Pt]. The summed E-state index contributed by atoms with van der Waals surface area (Å²) >= 11 is 1.60. The van der Waals surface area contributed by atoms with E-state index in [2.05, 4.69) is 88.1 Å². The second-order valence-corrected chi connectivity index (χ2v) is 11.6. The van der Waals surface area contributed by atoms with Gasteiger partial charge in [-0.25, -0.2) is 4.98 Å². The van der Waals surface area contributed by atoms with Crippen LogP contribution in [0.25, 0.3) is 33.6 Å². The first-order valence-corrected chi connectivity index (χ1v) is 13.5. The molecular weight excluding hydrogens is 680 g/mol. The van der Waals surface area contributed by atoms with E-state index >= 15 is 0 Å². The summed E-state index contributed by atoms with van der Waals surface area (Å²) in [4.78, 5) is 10.6.